The number of benzene rings is 2. The molecular formula is C19H21NO3S. The van der Waals surface area contributed by atoms with Crippen LogP contribution in [0.1, 0.15) is 31.1 Å². The van der Waals surface area contributed by atoms with Gasteiger partial charge in [0.2, 0.25) is 0 Å². The van der Waals surface area contributed by atoms with Gasteiger partial charge in [-0.25, -0.2) is 4.31 Å². The molecule has 1 fully saturated rings. The van der Waals surface area contributed by atoms with Crippen LogP contribution in [0, 0.1) is 0 Å². The number of ether oxygens (including phenoxy) is 3. The first-order valence-electron chi connectivity index (χ1n) is 8.36. The zero-order valence-electron chi connectivity index (χ0n) is 13.7. The Morgan fingerprint density at radius 3 is 2.46 bits per heavy atom. The highest BCUT2D eigenvalue weighted by Gasteiger charge is 2.26. The summed E-state index contributed by atoms with van der Waals surface area (Å²) in [6.07, 6.45) is 3.54. The number of piperidine rings is 1. The van der Waals surface area contributed by atoms with Crippen molar-refractivity contribution in [3.8, 4) is 17.2 Å². The summed E-state index contributed by atoms with van der Waals surface area (Å²) in [5.41, 5.74) is 0.984. The topological polar surface area (TPSA) is 30.9 Å². The molecule has 0 N–H and O–H groups in total. The molecule has 0 amide bonds. The molecule has 5 heteroatoms. The van der Waals surface area contributed by atoms with Crippen molar-refractivity contribution in [3.63, 3.8) is 0 Å². The minimum Gasteiger partial charge on any atom is -0.497 e. The Morgan fingerprint density at radius 2 is 1.71 bits per heavy atom. The summed E-state index contributed by atoms with van der Waals surface area (Å²) in [5.74, 6) is 2.45. The van der Waals surface area contributed by atoms with Gasteiger partial charge in [-0.1, -0.05) is 6.42 Å². The first-order valence-corrected chi connectivity index (χ1v) is 9.13. The Kier molecular flexibility index (Phi) is 4.54. The van der Waals surface area contributed by atoms with Gasteiger partial charge in [0.05, 0.1) is 7.11 Å². The second kappa shape index (κ2) is 6.95. The predicted octanol–water partition coefficient (Wildman–Crippen LogP) is 4.66. The first kappa shape index (κ1) is 15.7. The highest BCUT2D eigenvalue weighted by molar-refractivity contribution is 7.97. The summed E-state index contributed by atoms with van der Waals surface area (Å²) >= 11 is 1.81. The summed E-state index contributed by atoms with van der Waals surface area (Å²) < 4.78 is 19.6. The monoisotopic (exact) mass is 343 g/mol. The smallest absolute Gasteiger partial charge is 0.267 e. The van der Waals surface area contributed by atoms with Crippen LogP contribution in [0.2, 0.25) is 0 Å². The Balaban J connectivity index is 1.45. The minimum absolute atomic E-state index is 0.388. The average molecular weight is 343 g/mol. The van der Waals surface area contributed by atoms with Crippen molar-refractivity contribution in [1.82, 2.24) is 4.31 Å². The van der Waals surface area contributed by atoms with Crippen LogP contribution < -0.4 is 14.2 Å². The number of rotatable bonds is 4. The molecule has 0 aliphatic carbocycles. The number of methoxy groups -OCH3 is 1. The van der Waals surface area contributed by atoms with Crippen LogP contribution in [0.25, 0.3) is 0 Å². The summed E-state index contributed by atoms with van der Waals surface area (Å²) in [5, 5.41) is 0. The molecule has 0 radical (unpaired) electrons. The molecule has 0 aromatic heterocycles. The molecule has 0 saturated carbocycles. The molecular weight excluding hydrogens is 322 g/mol. The lowest BCUT2D eigenvalue weighted by molar-refractivity contribution is 0.0486. The Hall–Kier alpha value is -1.85. The molecule has 2 aromatic rings. The van der Waals surface area contributed by atoms with Gasteiger partial charge < -0.3 is 14.2 Å². The largest absolute Gasteiger partial charge is 0.497 e. The Bertz CT molecular complexity index is 698. The lowest BCUT2D eigenvalue weighted by Crippen LogP contribution is -2.22. The van der Waals surface area contributed by atoms with E-state index in [4.69, 9.17) is 14.2 Å². The van der Waals surface area contributed by atoms with Crippen LogP contribution in [0.4, 0.5) is 0 Å². The maximum Gasteiger partial charge on any atom is 0.267 e. The average Bonchev–Trinajstić information content (AvgIpc) is 3.06. The van der Waals surface area contributed by atoms with E-state index in [-0.39, 0.29) is 6.29 Å². The zero-order valence-corrected chi connectivity index (χ0v) is 14.6. The van der Waals surface area contributed by atoms with Crippen LogP contribution >= 0.6 is 11.9 Å². The normalized spacial score (nSPS) is 20.1. The molecule has 4 nitrogen and oxygen atoms in total. The first-order chi connectivity index (χ1) is 11.8. The Morgan fingerprint density at radius 1 is 0.958 bits per heavy atom. The molecule has 2 aliphatic heterocycles. The van der Waals surface area contributed by atoms with Gasteiger partial charge >= 0.3 is 0 Å². The molecule has 2 aromatic carbocycles. The molecule has 24 heavy (non-hydrogen) atoms. The fourth-order valence-electron chi connectivity index (χ4n) is 2.99. The number of hydrogen-bond donors (Lipinski definition) is 0. The minimum atomic E-state index is -0.388. The lowest BCUT2D eigenvalue weighted by atomic mass is 10.2. The lowest BCUT2D eigenvalue weighted by Gasteiger charge is -2.24. The van der Waals surface area contributed by atoms with Gasteiger partial charge in [-0.05, 0) is 67.3 Å². The molecule has 0 spiro atoms. The van der Waals surface area contributed by atoms with Crippen molar-refractivity contribution >= 4 is 11.9 Å². The summed E-state index contributed by atoms with van der Waals surface area (Å²) in [4.78, 5) is 1.20. The van der Waals surface area contributed by atoms with Gasteiger partial charge in [0.25, 0.3) is 6.29 Å². The molecule has 2 aliphatic rings. The van der Waals surface area contributed by atoms with E-state index in [1.165, 1.54) is 24.2 Å². The number of nitrogens with zero attached hydrogens (tertiary/aromatic N) is 1. The zero-order chi connectivity index (χ0) is 16.4. The Labute approximate surface area is 146 Å². The van der Waals surface area contributed by atoms with Crippen LogP contribution in [-0.2, 0) is 0 Å². The molecule has 0 bridgehead atoms. The maximum absolute atomic E-state index is 6.00. The third-order valence-electron chi connectivity index (χ3n) is 4.32. The van der Waals surface area contributed by atoms with E-state index in [1.54, 1.807) is 7.11 Å². The molecule has 1 saturated heterocycles. The second-order valence-corrected chi connectivity index (χ2v) is 7.20. The standard InChI is InChI=1S/C19H21NO3S/c1-21-15-7-5-14(6-8-15)19-22-17-10-9-16(13-18(17)23-19)24-20-11-3-2-4-12-20/h5-10,13,19H,2-4,11-12H2,1H3. The van der Waals surface area contributed by atoms with Crippen molar-refractivity contribution in [2.75, 3.05) is 20.2 Å². The summed E-state index contributed by atoms with van der Waals surface area (Å²) in [7, 11) is 1.66. The molecule has 1 unspecified atom stereocenters. The van der Waals surface area contributed by atoms with Gasteiger partial charge in [0.1, 0.15) is 5.75 Å². The predicted molar refractivity (Wildman–Crippen MR) is 94.7 cm³/mol. The quantitative estimate of drug-likeness (QED) is 0.754. The van der Waals surface area contributed by atoms with Gasteiger partial charge in [-0.2, -0.15) is 0 Å². The van der Waals surface area contributed by atoms with Crippen LogP contribution in [0.15, 0.2) is 47.4 Å². The fourth-order valence-corrected chi connectivity index (χ4v) is 4.02. The van der Waals surface area contributed by atoms with E-state index >= 15 is 0 Å². The third-order valence-corrected chi connectivity index (χ3v) is 5.41. The third kappa shape index (κ3) is 3.32. The molecule has 126 valence electrons. The number of hydrogen-bond acceptors (Lipinski definition) is 5. The fraction of sp³-hybridized carbons (Fsp3) is 0.368. The highest BCUT2D eigenvalue weighted by atomic mass is 32.2. The van der Waals surface area contributed by atoms with E-state index in [9.17, 15) is 0 Å². The van der Waals surface area contributed by atoms with E-state index < -0.39 is 0 Å². The van der Waals surface area contributed by atoms with Gasteiger partial charge in [0.15, 0.2) is 11.5 Å². The van der Waals surface area contributed by atoms with Crippen molar-refractivity contribution in [1.29, 1.82) is 0 Å². The van der Waals surface area contributed by atoms with Crippen molar-refractivity contribution in [2.24, 2.45) is 0 Å². The second-order valence-electron chi connectivity index (χ2n) is 6.03. The van der Waals surface area contributed by atoms with Crippen LogP contribution in [0.5, 0.6) is 17.2 Å². The van der Waals surface area contributed by atoms with Gasteiger partial charge in [0, 0.05) is 23.5 Å². The van der Waals surface area contributed by atoms with Crippen molar-refractivity contribution in [2.45, 2.75) is 30.4 Å². The van der Waals surface area contributed by atoms with Crippen molar-refractivity contribution in [3.05, 3.63) is 48.0 Å². The van der Waals surface area contributed by atoms with E-state index in [2.05, 4.69) is 16.4 Å². The van der Waals surface area contributed by atoms with E-state index in [0.717, 1.165) is 35.9 Å². The maximum atomic E-state index is 6.00. The van der Waals surface area contributed by atoms with E-state index in [1.807, 2.05) is 42.3 Å². The number of fused-ring (bicyclic) bond motifs is 1. The van der Waals surface area contributed by atoms with Gasteiger partial charge in [-0.3, -0.25) is 0 Å². The summed E-state index contributed by atoms with van der Waals surface area (Å²) in [6.45, 7) is 2.32. The van der Waals surface area contributed by atoms with Crippen molar-refractivity contribution < 1.29 is 14.2 Å². The van der Waals surface area contributed by atoms with Crippen LogP contribution in [0.3, 0.4) is 0 Å². The SMILES string of the molecule is COc1ccc(C2Oc3ccc(SN4CCCCC4)cc3O2)cc1. The van der Waals surface area contributed by atoms with E-state index in [0.29, 0.717) is 0 Å². The van der Waals surface area contributed by atoms with Gasteiger partial charge in [-0.15, -0.1) is 0 Å². The van der Waals surface area contributed by atoms with Crippen LogP contribution in [-0.4, -0.2) is 24.5 Å². The molecule has 1 atom stereocenters. The molecule has 4 rings (SSSR count). The molecule has 2 heterocycles. The highest BCUT2D eigenvalue weighted by Crippen LogP contribution is 2.43. The summed E-state index contributed by atoms with van der Waals surface area (Å²) in [6, 6.07) is 14.0.